The summed E-state index contributed by atoms with van der Waals surface area (Å²) in [6.45, 7) is 3.03. The third kappa shape index (κ3) is 3.89. The van der Waals surface area contributed by atoms with Crippen molar-refractivity contribution in [2.75, 3.05) is 13.2 Å². The van der Waals surface area contributed by atoms with Gasteiger partial charge in [0.2, 0.25) is 0 Å². The van der Waals surface area contributed by atoms with Gasteiger partial charge in [0, 0.05) is 31.5 Å². The Hall–Kier alpha value is -1.82. The molecule has 1 aromatic heterocycles. The van der Waals surface area contributed by atoms with Crippen LogP contribution in [0.3, 0.4) is 0 Å². The summed E-state index contributed by atoms with van der Waals surface area (Å²) in [6, 6.07) is 11.1. The first-order chi connectivity index (χ1) is 12.3. The molecule has 4 rings (SSSR count). The average molecular weight is 342 g/mol. The van der Waals surface area contributed by atoms with E-state index in [2.05, 4.69) is 9.88 Å². The third-order valence-electron chi connectivity index (χ3n) is 5.14. The average Bonchev–Trinajstić information content (AvgIpc) is 3.07. The van der Waals surface area contributed by atoms with E-state index >= 15 is 0 Å². The van der Waals surface area contributed by atoms with Crippen molar-refractivity contribution in [1.29, 1.82) is 0 Å². The van der Waals surface area contributed by atoms with Gasteiger partial charge in [0.15, 0.2) is 0 Å². The highest BCUT2D eigenvalue weighted by Gasteiger charge is 2.43. The zero-order chi connectivity index (χ0) is 17.1. The number of nitrogens with zero attached hydrogens (tertiary/aromatic N) is 2. The monoisotopic (exact) mass is 342 g/mol. The smallest absolute Gasteiger partial charge is 0.123 e. The fraction of sp³-hybridized carbons (Fsp3) is 0.450. The van der Waals surface area contributed by atoms with E-state index in [0.29, 0.717) is 12.6 Å². The summed E-state index contributed by atoms with van der Waals surface area (Å²) < 4.78 is 25.3. The minimum atomic E-state index is -0.187. The summed E-state index contributed by atoms with van der Waals surface area (Å²) in [5.41, 5.74) is 2.23. The van der Waals surface area contributed by atoms with Gasteiger partial charge in [0.1, 0.15) is 5.82 Å². The first kappa shape index (κ1) is 16.6. The van der Waals surface area contributed by atoms with Gasteiger partial charge >= 0.3 is 0 Å². The topological polar surface area (TPSA) is 34.6 Å². The number of aromatic nitrogens is 1. The van der Waals surface area contributed by atoms with E-state index in [1.807, 2.05) is 30.5 Å². The zero-order valence-electron chi connectivity index (χ0n) is 14.2. The quantitative estimate of drug-likeness (QED) is 0.836. The minimum absolute atomic E-state index is 0.117. The van der Waals surface area contributed by atoms with Crippen LogP contribution in [-0.4, -0.2) is 41.3 Å². The standard InChI is InChI=1S/C20H23FN2O2/c21-17-5-3-15(4-6-17)13-23-10-11-24-20-18(23)7-8-19(20)25-14-16-2-1-9-22-12-16/h1-6,9,12,18-20H,7-8,10-11,13-14H2/t18-,19-,20+/m1/s1. The highest BCUT2D eigenvalue weighted by molar-refractivity contribution is 5.16. The van der Waals surface area contributed by atoms with Crippen molar-refractivity contribution in [1.82, 2.24) is 9.88 Å². The first-order valence-corrected chi connectivity index (χ1v) is 8.90. The van der Waals surface area contributed by atoms with Crippen LogP contribution in [0.2, 0.25) is 0 Å². The van der Waals surface area contributed by atoms with Crippen LogP contribution in [0, 0.1) is 5.82 Å². The Morgan fingerprint density at radius 1 is 1.16 bits per heavy atom. The number of hydrogen-bond acceptors (Lipinski definition) is 4. The third-order valence-corrected chi connectivity index (χ3v) is 5.14. The number of halogens is 1. The Morgan fingerprint density at radius 3 is 2.84 bits per heavy atom. The molecule has 132 valence electrons. The van der Waals surface area contributed by atoms with E-state index in [-0.39, 0.29) is 18.0 Å². The number of morpholine rings is 1. The highest BCUT2D eigenvalue weighted by atomic mass is 19.1. The fourth-order valence-corrected chi connectivity index (χ4v) is 3.88. The lowest BCUT2D eigenvalue weighted by Gasteiger charge is -2.39. The van der Waals surface area contributed by atoms with Crippen molar-refractivity contribution >= 4 is 0 Å². The molecule has 0 spiro atoms. The molecule has 0 amide bonds. The molecule has 5 heteroatoms. The molecule has 0 radical (unpaired) electrons. The first-order valence-electron chi connectivity index (χ1n) is 8.90. The van der Waals surface area contributed by atoms with Crippen LogP contribution in [0.5, 0.6) is 0 Å². The molecule has 1 saturated carbocycles. The highest BCUT2D eigenvalue weighted by Crippen LogP contribution is 2.33. The number of hydrogen-bond donors (Lipinski definition) is 0. The molecule has 0 bridgehead atoms. The maximum atomic E-state index is 13.1. The predicted octanol–water partition coefficient (Wildman–Crippen LogP) is 3.17. The number of fused-ring (bicyclic) bond motifs is 1. The second kappa shape index (κ2) is 7.60. The fourth-order valence-electron chi connectivity index (χ4n) is 3.88. The molecule has 4 nitrogen and oxygen atoms in total. The molecule has 3 atom stereocenters. The summed E-state index contributed by atoms with van der Waals surface area (Å²) in [5, 5.41) is 0. The Morgan fingerprint density at radius 2 is 2.04 bits per heavy atom. The van der Waals surface area contributed by atoms with Crippen LogP contribution >= 0.6 is 0 Å². The maximum Gasteiger partial charge on any atom is 0.123 e. The lowest BCUT2D eigenvalue weighted by molar-refractivity contribution is -0.118. The number of ether oxygens (including phenoxy) is 2. The molecule has 1 saturated heterocycles. The number of benzene rings is 1. The van der Waals surface area contributed by atoms with E-state index in [9.17, 15) is 4.39 Å². The van der Waals surface area contributed by atoms with Gasteiger partial charge in [-0.3, -0.25) is 9.88 Å². The zero-order valence-corrected chi connectivity index (χ0v) is 14.2. The summed E-state index contributed by atoms with van der Waals surface area (Å²) in [5.74, 6) is -0.187. The minimum Gasteiger partial charge on any atom is -0.373 e. The summed E-state index contributed by atoms with van der Waals surface area (Å²) in [7, 11) is 0. The largest absolute Gasteiger partial charge is 0.373 e. The van der Waals surface area contributed by atoms with Crippen molar-refractivity contribution in [3.05, 3.63) is 65.7 Å². The Labute approximate surface area is 147 Å². The van der Waals surface area contributed by atoms with Crippen LogP contribution in [0.4, 0.5) is 4.39 Å². The van der Waals surface area contributed by atoms with Crippen molar-refractivity contribution in [2.45, 2.75) is 44.2 Å². The van der Waals surface area contributed by atoms with Gasteiger partial charge in [0.25, 0.3) is 0 Å². The molecular weight excluding hydrogens is 319 g/mol. The summed E-state index contributed by atoms with van der Waals surface area (Å²) in [4.78, 5) is 6.58. The van der Waals surface area contributed by atoms with Crippen LogP contribution in [-0.2, 0) is 22.6 Å². The van der Waals surface area contributed by atoms with Crippen LogP contribution in [0.15, 0.2) is 48.8 Å². The van der Waals surface area contributed by atoms with Crippen molar-refractivity contribution in [3.8, 4) is 0 Å². The molecule has 1 aliphatic carbocycles. The van der Waals surface area contributed by atoms with Gasteiger partial charge < -0.3 is 9.47 Å². The Kier molecular flexibility index (Phi) is 5.06. The van der Waals surface area contributed by atoms with E-state index in [0.717, 1.165) is 43.7 Å². The van der Waals surface area contributed by atoms with Crippen LogP contribution < -0.4 is 0 Å². The normalized spacial score (nSPS) is 26.5. The molecule has 2 aliphatic rings. The van der Waals surface area contributed by atoms with Crippen molar-refractivity contribution in [2.24, 2.45) is 0 Å². The lowest BCUT2D eigenvalue weighted by atomic mass is 10.1. The van der Waals surface area contributed by atoms with Gasteiger partial charge in [-0.2, -0.15) is 0 Å². The molecule has 25 heavy (non-hydrogen) atoms. The Balaban J connectivity index is 1.37. The summed E-state index contributed by atoms with van der Waals surface area (Å²) >= 11 is 0. The maximum absolute atomic E-state index is 13.1. The molecule has 1 aliphatic heterocycles. The van der Waals surface area contributed by atoms with E-state index in [4.69, 9.17) is 9.47 Å². The Bertz CT molecular complexity index is 680. The van der Waals surface area contributed by atoms with Gasteiger partial charge in [-0.25, -0.2) is 4.39 Å². The van der Waals surface area contributed by atoms with Crippen LogP contribution in [0.25, 0.3) is 0 Å². The van der Waals surface area contributed by atoms with E-state index < -0.39 is 0 Å². The van der Waals surface area contributed by atoms with Gasteiger partial charge in [-0.1, -0.05) is 18.2 Å². The molecule has 0 unspecified atom stereocenters. The molecular formula is C20H23FN2O2. The molecule has 0 N–H and O–H groups in total. The number of rotatable bonds is 5. The van der Waals surface area contributed by atoms with Gasteiger partial charge in [-0.05, 0) is 42.2 Å². The van der Waals surface area contributed by atoms with Crippen molar-refractivity contribution in [3.63, 3.8) is 0 Å². The van der Waals surface area contributed by atoms with Crippen LogP contribution in [0.1, 0.15) is 24.0 Å². The molecule has 2 aromatic rings. The lowest BCUT2D eigenvalue weighted by Crippen LogP contribution is -2.51. The molecule has 1 aromatic carbocycles. The van der Waals surface area contributed by atoms with Gasteiger partial charge in [0.05, 0.1) is 25.4 Å². The van der Waals surface area contributed by atoms with E-state index in [1.54, 1.807) is 6.20 Å². The molecule has 2 fully saturated rings. The number of pyridine rings is 1. The van der Waals surface area contributed by atoms with E-state index in [1.165, 1.54) is 12.1 Å². The van der Waals surface area contributed by atoms with Gasteiger partial charge in [-0.15, -0.1) is 0 Å². The SMILES string of the molecule is Fc1ccc(CN2CCO[C@H]3[C@H]2CC[C@H]3OCc2cccnc2)cc1. The predicted molar refractivity (Wildman–Crippen MR) is 92.4 cm³/mol. The summed E-state index contributed by atoms with van der Waals surface area (Å²) in [6.07, 6.45) is 5.94. The van der Waals surface area contributed by atoms with Crippen molar-refractivity contribution < 1.29 is 13.9 Å². The second-order valence-electron chi connectivity index (χ2n) is 6.79. The molecule has 2 heterocycles. The second-order valence-corrected chi connectivity index (χ2v) is 6.79.